The summed E-state index contributed by atoms with van der Waals surface area (Å²) < 4.78 is 7.67. The number of carbonyl (C=O) groups is 1. The van der Waals surface area contributed by atoms with Gasteiger partial charge in [-0.15, -0.1) is 11.3 Å². The number of benzene rings is 2. The monoisotopic (exact) mass is 382 g/mol. The van der Waals surface area contributed by atoms with Crippen LogP contribution < -0.4 is 24.8 Å². The SMILES string of the molecule is COc1ccccc1NC(=O)/C=c1/s/c(=C/c2ccc(O)cc2)c(=O)n1C. The van der Waals surface area contributed by atoms with E-state index in [9.17, 15) is 14.7 Å². The minimum Gasteiger partial charge on any atom is -0.508 e. The van der Waals surface area contributed by atoms with Gasteiger partial charge in [-0.1, -0.05) is 24.3 Å². The molecule has 27 heavy (non-hydrogen) atoms. The van der Waals surface area contributed by atoms with Crippen LogP contribution in [0.25, 0.3) is 12.2 Å². The second kappa shape index (κ2) is 7.92. The highest BCUT2D eigenvalue weighted by atomic mass is 32.1. The molecule has 0 saturated carbocycles. The number of aromatic nitrogens is 1. The Bertz CT molecular complexity index is 1140. The van der Waals surface area contributed by atoms with Crippen LogP contribution in [-0.2, 0) is 11.8 Å². The van der Waals surface area contributed by atoms with Crippen LogP contribution in [-0.4, -0.2) is 22.7 Å². The Hall–Kier alpha value is -3.32. The number of phenols is 1. The molecule has 7 heteroatoms. The molecule has 1 heterocycles. The number of aromatic hydroxyl groups is 1. The number of anilines is 1. The molecule has 0 radical (unpaired) electrons. The average Bonchev–Trinajstić information content (AvgIpc) is 2.92. The van der Waals surface area contributed by atoms with Gasteiger partial charge in [0, 0.05) is 13.1 Å². The lowest BCUT2D eigenvalue weighted by atomic mass is 10.2. The van der Waals surface area contributed by atoms with Gasteiger partial charge in [-0.05, 0) is 35.9 Å². The topological polar surface area (TPSA) is 80.6 Å². The molecule has 6 nitrogen and oxygen atoms in total. The van der Waals surface area contributed by atoms with Crippen molar-refractivity contribution in [2.24, 2.45) is 7.05 Å². The van der Waals surface area contributed by atoms with E-state index < -0.39 is 0 Å². The van der Waals surface area contributed by atoms with E-state index in [0.29, 0.717) is 20.6 Å². The van der Waals surface area contributed by atoms with Crippen molar-refractivity contribution in [3.05, 3.63) is 73.6 Å². The first kappa shape index (κ1) is 18.5. The van der Waals surface area contributed by atoms with Crippen LogP contribution in [0.1, 0.15) is 5.56 Å². The zero-order valence-corrected chi connectivity index (χ0v) is 15.6. The van der Waals surface area contributed by atoms with Gasteiger partial charge in [0.2, 0.25) is 0 Å². The first-order valence-electron chi connectivity index (χ1n) is 8.10. The van der Waals surface area contributed by atoms with E-state index in [1.807, 2.05) is 6.07 Å². The minimum atomic E-state index is -0.354. The van der Waals surface area contributed by atoms with Crippen LogP contribution >= 0.6 is 11.3 Å². The minimum absolute atomic E-state index is 0.160. The van der Waals surface area contributed by atoms with Crippen molar-refractivity contribution in [1.82, 2.24) is 4.57 Å². The fourth-order valence-corrected chi connectivity index (χ4v) is 3.49. The van der Waals surface area contributed by atoms with Crippen molar-refractivity contribution < 1.29 is 14.6 Å². The molecule has 0 aliphatic rings. The Morgan fingerprint density at radius 1 is 1.19 bits per heavy atom. The van der Waals surface area contributed by atoms with E-state index >= 15 is 0 Å². The predicted molar refractivity (Wildman–Crippen MR) is 107 cm³/mol. The third-order valence-corrected chi connectivity index (χ3v) is 4.98. The van der Waals surface area contributed by atoms with Gasteiger partial charge >= 0.3 is 0 Å². The summed E-state index contributed by atoms with van der Waals surface area (Å²) >= 11 is 1.22. The summed E-state index contributed by atoms with van der Waals surface area (Å²) in [6, 6.07) is 13.6. The Kier molecular flexibility index (Phi) is 5.42. The van der Waals surface area contributed by atoms with Crippen LogP contribution in [0, 0.1) is 0 Å². The van der Waals surface area contributed by atoms with E-state index in [2.05, 4.69) is 5.32 Å². The van der Waals surface area contributed by atoms with E-state index in [-0.39, 0.29) is 17.2 Å². The summed E-state index contributed by atoms with van der Waals surface area (Å²) in [5.41, 5.74) is 1.15. The Morgan fingerprint density at radius 3 is 2.59 bits per heavy atom. The molecule has 0 aliphatic carbocycles. The summed E-state index contributed by atoms with van der Waals surface area (Å²) in [6.07, 6.45) is 3.11. The second-order valence-electron chi connectivity index (χ2n) is 5.74. The van der Waals surface area contributed by atoms with Crippen molar-refractivity contribution in [2.75, 3.05) is 12.4 Å². The average molecular weight is 382 g/mol. The molecular weight excluding hydrogens is 364 g/mol. The number of ether oxygens (including phenoxy) is 1. The molecule has 3 rings (SSSR count). The van der Waals surface area contributed by atoms with Gasteiger partial charge in [0.25, 0.3) is 11.5 Å². The Balaban J connectivity index is 1.94. The van der Waals surface area contributed by atoms with Gasteiger partial charge in [0.1, 0.15) is 16.2 Å². The van der Waals surface area contributed by atoms with Gasteiger partial charge in [0.15, 0.2) is 0 Å². The summed E-state index contributed by atoms with van der Waals surface area (Å²) in [4.78, 5) is 24.8. The Morgan fingerprint density at radius 2 is 1.89 bits per heavy atom. The molecule has 0 unspecified atom stereocenters. The maximum Gasteiger partial charge on any atom is 0.268 e. The van der Waals surface area contributed by atoms with Crippen LogP contribution in [0.15, 0.2) is 53.3 Å². The molecule has 0 spiro atoms. The first-order valence-corrected chi connectivity index (χ1v) is 8.92. The standard InChI is InChI=1S/C20H18N2O4S/c1-22-19(12-18(24)21-15-5-3-4-6-16(15)26-2)27-17(20(22)25)11-13-7-9-14(23)10-8-13/h3-12,23H,1-2H3,(H,21,24)/b17-11+,19-12+. The molecule has 3 aromatic rings. The number of phenolic OH excluding ortho intramolecular Hbond substituents is 1. The molecule has 1 amide bonds. The fraction of sp³-hybridized carbons (Fsp3) is 0.100. The van der Waals surface area contributed by atoms with Crippen LogP contribution in [0.4, 0.5) is 5.69 Å². The summed E-state index contributed by atoms with van der Waals surface area (Å²) in [6.45, 7) is 0. The maximum atomic E-state index is 12.4. The van der Waals surface area contributed by atoms with Crippen molar-refractivity contribution >= 4 is 35.1 Å². The van der Waals surface area contributed by atoms with Crippen molar-refractivity contribution in [1.29, 1.82) is 0 Å². The number of para-hydroxylation sites is 2. The summed E-state index contributed by atoms with van der Waals surface area (Å²) in [5.74, 6) is 0.362. The molecule has 0 atom stereocenters. The summed E-state index contributed by atoms with van der Waals surface area (Å²) in [7, 11) is 3.15. The van der Waals surface area contributed by atoms with Gasteiger partial charge < -0.3 is 19.7 Å². The highest BCUT2D eigenvalue weighted by Gasteiger charge is 2.06. The molecule has 138 valence electrons. The number of methoxy groups -OCH3 is 1. The zero-order valence-electron chi connectivity index (χ0n) is 14.8. The lowest BCUT2D eigenvalue weighted by Gasteiger charge is -2.07. The van der Waals surface area contributed by atoms with Crippen LogP contribution in [0.3, 0.4) is 0 Å². The van der Waals surface area contributed by atoms with Crippen LogP contribution in [0.5, 0.6) is 11.5 Å². The number of thiazole rings is 1. The number of hydrogen-bond acceptors (Lipinski definition) is 5. The fourth-order valence-electron chi connectivity index (χ4n) is 2.46. The maximum absolute atomic E-state index is 12.4. The highest BCUT2D eigenvalue weighted by Crippen LogP contribution is 2.22. The zero-order chi connectivity index (χ0) is 19.4. The van der Waals surface area contributed by atoms with Gasteiger partial charge in [-0.25, -0.2) is 0 Å². The lowest BCUT2D eigenvalue weighted by molar-refractivity contribution is -0.110. The largest absolute Gasteiger partial charge is 0.508 e. The van der Waals surface area contributed by atoms with Gasteiger partial charge in [-0.2, -0.15) is 0 Å². The van der Waals surface area contributed by atoms with Crippen molar-refractivity contribution in [3.8, 4) is 11.5 Å². The number of nitrogens with zero attached hydrogens (tertiary/aromatic N) is 1. The molecule has 2 N–H and O–H groups in total. The highest BCUT2D eigenvalue weighted by molar-refractivity contribution is 7.07. The molecule has 0 aliphatic heterocycles. The van der Waals surface area contributed by atoms with E-state index in [1.165, 1.54) is 29.1 Å². The third-order valence-electron chi connectivity index (χ3n) is 3.87. The summed E-state index contributed by atoms with van der Waals surface area (Å²) in [5, 5.41) is 12.1. The van der Waals surface area contributed by atoms with E-state index in [4.69, 9.17) is 4.74 Å². The second-order valence-corrected chi connectivity index (χ2v) is 6.80. The number of carbonyl (C=O) groups excluding carboxylic acids is 1. The Labute approximate surface area is 159 Å². The van der Waals surface area contributed by atoms with E-state index in [1.54, 1.807) is 55.6 Å². The molecule has 0 saturated heterocycles. The number of nitrogens with one attached hydrogen (secondary N) is 1. The molecular formula is C20H18N2O4S. The molecule has 0 bridgehead atoms. The van der Waals surface area contributed by atoms with Gasteiger partial charge in [-0.3, -0.25) is 9.59 Å². The number of amides is 1. The quantitative estimate of drug-likeness (QED) is 0.715. The predicted octanol–water partition coefficient (Wildman–Crippen LogP) is 1.41. The lowest BCUT2D eigenvalue weighted by Crippen LogP contribution is -2.29. The first-order chi connectivity index (χ1) is 13.0. The number of hydrogen-bond donors (Lipinski definition) is 2. The number of rotatable bonds is 4. The molecule has 0 fully saturated rings. The smallest absolute Gasteiger partial charge is 0.268 e. The third kappa shape index (κ3) is 4.27. The van der Waals surface area contributed by atoms with Crippen molar-refractivity contribution in [3.63, 3.8) is 0 Å². The van der Waals surface area contributed by atoms with Crippen LogP contribution in [0.2, 0.25) is 0 Å². The van der Waals surface area contributed by atoms with E-state index in [0.717, 1.165) is 5.56 Å². The molecule has 2 aromatic carbocycles. The van der Waals surface area contributed by atoms with Crippen molar-refractivity contribution in [2.45, 2.75) is 0 Å². The van der Waals surface area contributed by atoms with Gasteiger partial charge in [0.05, 0.1) is 17.3 Å². The normalized spacial score (nSPS) is 12.2. The molecule has 1 aromatic heterocycles.